The Morgan fingerprint density at radius 2 is 1.64 bits per heavy atom. The van der Waals surface area contributed by atoms with Crippen molar-refractivity contribution in [3.63, 3.8) is 0 Å². The van der Waals surface area contributed by atoms with Gasteiger partial charge in [-0.15, -0.1) is 0 Å². The molecule has 3 heteroatoms. The first-order valence-corrected chi connectivity index (χ1v) is 7.21. The van der Waals surface area contributed by atoms with Gasteiger partial charge in [-0.3, -0.25) is 4.79 Å². The minimum Gasteiger partial charge on any atom is -0.306 e. The molecular weight excluding hydrogens is 272 g/mol. The Bertz CT molecular complexity index is 1050. The molecule has 0 saturated heterocycles. The smallest absolute Gasteiger partial charge is 0.257 e. The minimum atomic E-state index is -0.100. The molecule has 0 radical (unpaired) electrons. The van der Waals surface area contributed by atoms with E-state index in [0.29, 0.717) is 11.0 Å². The van der Waals surface area contributed by atoms with Crippen LogP contribution in [0, 0.1) is 6.92 Å². The second kappa shape index (κ2) is 4.81. The number of H-pyrrole nitrogens is 1. The van der Waals surface area contributed by atoms with Crippen LogP contribution in [0.5, 0.6) is 0 Å². The van der Waals surface area contributed by atoms with Gasteiger partial charge in [0.05, 0.1) is 0 Å². The molecule has 2 aromatic carbocycles. The highest BCUT2D eigenvalue weighted by Gasteiger charge is 2.10. The van der Waals surface area contributed by atoms with E-state index >= 15 is 0 Å². The van der Waals surface area contributed by atoms with Gasteiger partial charge in [-0.1, -0.05) is 48.0 Å². The fraction of sp³-hybridized carbons (Fsp3) is 0.0526. The van der Waals surface area contributed by atoms with E-state index in [1.165, 1.54) is 5.56 Å². The van der Waals surface area contributed by atoms with Gasteiger partial charge in [0, 0.05) is 17.0 Å². The lowest BCUT2D eigenvalue weighted by Crippen LogP contribution is -2.07. The molecule has 0 aliphatic carbocycles. The van der Waals surface area contributed by atoms with E-state index in [-0.39, 0.29) is 5.56 Å². The second-order valence-electron chi connectivity index (χ2n) is 5.45. The summed E-state index contributed by atoms with van der Waals surface area (Å²) in [6.07, 6.45) is 1.74. The van der Waals surface area contributed by atoms with Gasteiger partial charge in [0.2, 0.25) is 0 Å². The van der Waals surface area contributed by atoms with E-state index in [1.54, 1.807) is 6.20 Å². The number of aromatic nitrogens is 2. The first-order valence-electron chi connectivity index (χ1n) is 7.21. The number of aryl methyl sites for hydroxylation is 1. The predicted molar refractivity (Wildman–Crippen MR) is 90.0 cm³/mol. The van der Waals surface area contributed by atoms with Crippen molar-refractivity contribution in [2.75, 3.05) is 0 Å². The Labute approximate surface area is 127 Å². The number of nitrogens with zero attached hydrogens (tertiary/aromatic N) is 1. The van der Waals surface area contributed by atoms with Gasteiger partial charge >= 0.3 is 0 Å². The van der Waals surface area contributed by atoms with Crippen LogP contribution in [0.1, 0.15) is 5.56 Å². The van der Waals surface area contributed by atoms with Gasteiger partial charge in [-0.05, 0) is 35.6 Å². The summed E-state index contributed by atoms with van der Waals surface area (Å²) in [6.45, 7) is 2.07. The zero-order chi connectivity index (χ0) is 15.1. The number of hydrogen-bond acceptors (Lipinski definition) is 2. The number of benzene rings is 2. The van der Waals surface area contributed by atoms with Crippen LogP contribution in [0.3, 0.4) is 0 Å². The molecule has 0 aliphatic heterocycles. The highest BCUT2D eigenvalue weighted by Crippen LogP contribution is 2.31. The lowest BCUT2D eigenvalue weighted by Gasteiger charge is -2.09. The van der Waals surface area contributed by atoms with Crippen molar-refractivity contribution >= 4 is 21.8 Å². The molecule has 0 unspecified atom stereocenters. The van der Waals surface area contributed by atoms with Crippen LogP contribution in [-0.2, 0) is 0 Å². The highest BCUT2D eigenvalue weighted by molar-refractivity contribution is 6.11. The SMILES string of the molecule is Cc1ccc(-c2ccnc3[nH]c(=O)c4ccccc4c23)cc1. The highest BCUT2D eigenvalue weighted by atomic mass is 16.1. The minimum absolute atomic E-state index is 0.100. The quantitative estimate of drug-likeness (QED) is 0.536. The van der Waals surface area contributed by atoms with Crippen LogP contribution in [0.15, 0.2) is 65.6 Å². The van der Waals surface area contributed by atoms with Crippen molar-refractivity contribution in [1.29, 1.82) is 0 Å². The summed E-state index contributed by atoms with van der Waals surface area (Å²) < 4.78 is 0. The van der Waals surface area contributed by atoms with Crippen LogP contribution >= 0.6 is 0 Å². The van der Waals surface area contributed by atoms with Crippen molar-refractivity contribution in [1.82, 2.24) is 9.97 Å². The summed E-state index contributed by atoms with van der Waals surface area (Å²) in [6, 6.07) is 18.0. The van der Waals surface area contributed by atoms with E-state index in [1.807, 2.05) is 30.3 Å². The summed E-state index contributed by atoms with van der Waals surface area (Å²) >= 11 is 0. The normalized spacial score (nSPS) is 11.1. The second-order valence-corrected chi connectivity index (χ2v) is 5.45. The molecule has 3 nitrogen and oxygen atoms in total. The standard InChI is InChI=1S/C19H14N2O/c1-12-6-8-13(9-7-12)14-10-11-20-18-17(14)15-4-2-3-5-16(15)19(22)21-18/h2-11H,1H3,(H,20,21,22). The van der Waals surface area contributed by atoms with Crippen LogP contribution in [0.4, 0.5) is 0 Å². The number of fused-ring (bicyclic) bond motifs is 3. The molecule has 0 saturated carbocycles. The summed E-state index contributed by atoms with van der Waals surface area (Å²) in [4.78, 5) is 19.4. The van der Waals surface area contributed by atoms with Gasteiger partial charge in [0.25, 0.3) is 5.56 Å². The summed E-state index contributed by atoms with van der Waals surface area (Å²) in [7, 11) is 0. The van der Waals surface area contributed by atoms with Crippen molar-refractivity contribution in [2.24, 2.45) is 0 Å². The van der Waals surface area contributed by atoms with E-state index in [0.717, 1.165) is 21.9 Å². The molecule has 106 valence electrons. The van der Waals surface area contributed by atoms with Gasteiger partial charge in [-0.2, -0.15) is 0 Å². The fourth-order valence-electron chi connectivity index (χ4n) is 2.88. The van der Waals surface area contributed by atoms with E-state index in [4.69, 9.17) is 0 Å². The van der Waals surface area contributed by atoms with Gasteiger partial charge in [0.15, 0.2) is 0 Å². The van der Waals surface area contributed by atoms with Gasteiger partial charge in [0.1, 0.15) is 5.65 Å². The topological polar surface area (TPSA) is 45.8 Å². The molecule has 4 aromatic rings. The largest absolute Gasteiger partial charge is 0.306 e. The zero-order valence-corrected chi connectivity index (χ0v) is 12.1. The maximum Gasteiger partial charge on any atom is 0.257 e. The summed E-state index contributed by atoms with van der Waals surface area (Å²) in [5.41, 5.74) is 3.95. The summed E-state index contributed by atoms with van der Waals surface area (Å²) in [5.74, 6) is 0. The fourth-order valence-corrected chi connectivity index (χ4v) is 2.88. The average Bonchev–Trinajstić information content (AvgIpc) is 2.55. The number of nitrogens with one attached hydrogen (secondary N) is 1. The third-order valence-corrected chi connectivity index (χ3v) is 3.99. The Morgan fingerprint density at radius 3 is 2.41 bits per heavy atom. The van der Waals surface area contributed by atoms with E-state index < -0.39 is 0 Å². The summed E-state index contributed by atoms with van der Waals surface area (Å²) in [5, 5.41) is 2.61. The van der Waals surface area contributed by atoms with E-state index in [2.05, 4.69) is 41.2 Å². The molecule has 0 atom stereocenters. The van der Waals surface area contributed by atoms with Gasteiger partial charge < -0.3 is 4.98 Å². The van der Waals surface area contributed by atoms with Crippen molar-refractivity contribution in [3.8, 4) is 11.1 Å². The molecule has 2 aromatic heterocycles. The van der Waals surface area contributed by atoms with Crippen LogP contribution in [0.2, 0.25) is 0 Å². The molecule has 0 aliphatic rings. The molecule has 0 fully saturated rings. The molecular formula is C19H14N2O. The molecule has 1 N–H and O–H groups in total. The first-order chi connectivity index (χ1) is 10.7. The van der Waals surface area contributed by atoms with Crippen LogP contribution < -0.4 is 5.56 Å². The Balaban J connectivity index is 2.18. The Hall–Kier alpha value is -2.94. The molecule has 2 heterocycles. The number of aromatic amines is 1. The molecule has 22 heavy (non-hydrogen) atoms. The zero-order valence-electron chi connectivity index (χ0n) is 12.1. The van der Waals surface area contributed by atoms with Gasteiger partial charge in [-0.25, -0.2) is 4.98 Å². The van der Waals surface area contributed by atoms with Crippen LogP contribution in [-0.4, -0.2) is 9.97 Å². The molecule has 4 rings (SSSR count). The molecule has 0 bridgehead atoms. The Morgan fingerprint density at radius 1 is 0.909 bits per heavy atom. The van der Waals surface area contributed by atoms with E-state index in [9.17, 15) is 4.79 Å². The number of pyridine rings is 2. The molecule has 0 spiro atoms. The van der Waals surface area contributed by atoms with Crippen molar-refractivity contribution in [3.05, 3.63) is 76.7 Å². The van der Waals surface area contributed by atoms with Crippen LogP contribution in [0.25, 0.3) is 32.9 Å². The monoisotopic (exact) mass is 286 g/mol. The Kier molecular flexibility index (Phi) is 2.79. The lowest BCUT2D eigenvalue weighted by molar-refractivity contribution is 1.26. The maximum atomic E-state index is 12.2. The number of rotatable bonds is 1. The predicted octanol–water partition coefficient (Wildman–Crippen LogP) is 4.05. The third-order valence-electron chi connectivity index (χ3n) is 3.99. The van der Waals surface area contributed by atoms with Crippen molar-refractivity contribution in [2.45, 2.75) is 6.92 Å². The number of hydrogen-bond donors (Lipinski definition) is 1. The first kappa shape index (κ1) is 12.8. The third kappa shape index (κ3) is 1.91. The van der Waals surface area contributed by atoms with Crippen molar-refractivity contribution < 1.29 is 0 Å². The molecule has 0 amide bonds. The lowest BCUT2D eigenvalue weighted by atomic mass is 9.98. The maximum absolute atomic E-state index is 12.2. The average molecular weight is 286 g/mol.